The maximum Gasteiger partial charge on any atom is 0.300 e. The van der Waals surface area contributed by atoms with E-state index >= 15 is 0 Å². The molecule has 1 aromatic heterocycles. The number of hydrogen-bond donors (Lipinski definition) is 1. The second-order valence-corrected chi connectivity index (χ2v) is 7.54. The van der Waals surface area contributed by atoms with Crippen molar-refractivity contribution >= 4 is 23.1 Å². The second kappa shape index (κ2) is 9.16. The molecule has 0 aliphatic carbocycles. The fourth-order valence-corrected chi connectivity index (χ4v) is 3.99. The first-order chi connectivity index (χ1) is 16.0. The van der Waals surface area contributed by atoms with Crippen LogP contribution in [0.25, 0.3) is 5.76 Å². The lowest BCUT2D eigenvalue weighted by atomic mass is 9.95. The molecule has 0 spiro atoms. The van der Waals surface area contributed by atoms with E-state index in [1.807, 2.05) is 31.2 Å². The van der Waals surface area contributed by atoms with E-state index in [9.17, 15) is 14.7 Å². The van der Waals surface area contributed by atoms with Gasteiger partial charge in [0, 0.05) is 23.6 Å². The van der Waals surface area contributed by atoms with Crippen LogP contribution in [-0.4, -0.2) is 36.0 Å². The molecule has 1 N–H and O–H groups in total. The number of carbonyl (C=O) groups is 2. The lowest BCUT2D eigenvalue weighted by Crippen LogP contribution is -2.29. The van der Waals surface area contributed by atoms with E-state index in [1.54, 1.807) is 42.7 Å². The molecule has 1 fully saturated rings. The third-order valence-corrected chi connectivity index (χ3v) is 5.75. The van der Waals surface area contributed by atoms with Gasteiger partial charge in [0.25, 0.3) is 11.7 Å². The van der Waals surface area contributed by atoms with Crippen LogP contribution in [0, 0.1) is 0 Å². The Balaban J connectivity index is 1.90. The Morgan fingerprint density at radius 3 is 2.24 bits per heavy atom. The van der Waals surface area contributed by atoms with Gasteiger partial charge in [0.1, 0.15) is 5.76 Å². The molecule has 1 aliphatic rings. The molecule has 168 valence electrons. The molecule has 0 radical (unpaired) electrons. The largest absolute Gasteiger partial charge is 0.507 e. The van der Waals surface area contributed by atoms with Gasteiger partial charge in [0.2, 0.25) is 0 Å². The number of carbonyl (C=O) groups excluding carboxylic acids is 2. The Bertz CT molecular complexity index is 1220. The van der Waals surface area contributed by atoms with Crippen LogP contribution in [-0.2, 0) is 16.0 Å². The van der Waals surface area contributed by atoms with Gasteiger partial charge in [-0.25, -0.2) is 0 Å². The van der Waals surface area contributed by atoms with Crippen molar-refractivity contribution in [2.45, 2.75) is 19.4 Å². The zero-order valence-electron chi connectivity index (χ0n) is 18.6. The van der Waals surface area contributed by atoms with Gasteiger partial charge in [0.05, 0.1) is 25.8 Å². The number of aliphatic hydroxyl groups excluding tert-OH is 1. The highest BCUT2D eigenvalue weighted by Crippen LogP contribution is 2.42. The normalized spacial score (nSPS) is 17.3. The van der Waals surface area contributed by atoms with E-state index in [1.165, 1.54) is 19.1 Å². The summed E-state index contributed by atoms with van der Waals surface area (Å²) in [5.74, 6) is -0.877. The smallest absolute Gasteiger partial charge is 0.300 e. The topological polar surface area (TPSA) is 89.0 Å². The molecule has 0 bridgehead atoms. The number of benzene rings is 2. The number of aliphatic hydroxyl groups is 1. The summed E-state index contributed by atoms with van der Waals surface area (Å²) in [6.07, 6.45) is 4.03. The Morgan fingerprint density at radius 2 is 1.64 bits per heavy atom. The van der Waals surface area contributed by atoms with Crippen LogP contribution in [0.4, 0.5) is 5.69 Å². The molecular formula is C26H24N2O5. The summed E-state index contributed by atoms with van der Waals surface area (Å²) in [5, 5.41) is 11.2. The van der Waals surface area contributed by atoms with E-state index in [4.69, 9.17) is 9.47 Å². The highest BCUT2D eigenvalue weighted by molar-refractivity contribution is 6.51. The Labute approximate surface area is 191 Å². The van der Waals surface area contributed by atoms with Crippen molar-refractivity contribution in [1.82, 2.24) is 4.98 Å². The lowest BCUT2D eigenvalue weighted by molar-refractivity contribution is -0.132. The minimum Gasteiger partial charge on any atom is -0.507 e. The van der Waals surface area contributed by atoms with Crippen LogP contribution in [0.3, 0.4) is 0 Å². The molecule has 3 aromatic rings. The van der Waals surface area contributed by atoms with Crippen molar-refractivity contribution in [3.8, 4) is 11.5 Å². The monoisotopic (exact) mass is 444 g/mol. The third kappa shape index (κ3) is 3.93. The third-order valence-electron chi connectivity index (χ3n) is 5.75. The highest BCUT2D eigenvalue weighted by atomic mass is 16.5. The fraction of sp³-hybridized carbons (Fsp3) is 0.192. The summed E-state index contributed by atoms with van der Waals surface area (Å²) >= 11 is 0. The highest BCUT2D eigenvalue weighted by Gasteiger charge is 2.47. The zero-order valence-corrected chi connectivity index (χ0v) is 18.6. The molecule has 1 aliphatic heterocycles. The molecule has 1 amide bonds. The molecule has 4 rings (SSSR count). The molecule has 0 saturated carbocycles. The molecule has 1 saturated heterocycles. The van der Waals surface area contributed by atoms with Crippen molar-refractivity contribution in [1.29, 1.82) is 0 Å². The number of methoxy groups -OCH3 is 2. The summed E-state index contributed by atoms with van der Waals surface area (Å²) in [7, 11) is 2.99. The standard InChI is InChI=1S/C26H24N2O5/c1-4-16-5-8-19(9-6-16)28-23(17-11-13-27-14-12-17)22(25(30)26(28)31)24(29)18-7-10-20(32-2)21(15-18)33-3/h5-15,23,29H,4H2,1-3H3/b24-22-. The summed E-state index contributed by atoms with van der Waals surface area (Å²) < 4.78 is 10.6. The van der Waals surface area contributed by atoms with Crippen molar-refractivity contribution in [3.63, 3.8) is 0 Å². The molecule has 2 aromatic carbocycles. The predicted molar refractivity (Wildman–Crippen MR) is 124 cm³/mol. The molecule has 1 atom stereocenters. The minimum atomic E-state index is -0.812. The first-order valence-corrected chi connectivity index (χ1v) is 10.5. The predicted octanol–water partition coefficient (Wildman–Crippen LogP) is 4.29. The number of ketones is 1. The van der Waals surface area contributed by atoms with Crippen molar-refractivity contribution in [2.75, 3.05) is 19.1 Å². The Hall–Kier alpha value is -4.13. The number of anilines is 1. The summed E-state index contributed by atoms with van der Waals surface area (Å²) in [6, 6.07) is 14.9. The maximum atomic E-state index is 13.2. The first kappa shape index (κ1) is 22.1. The van der Waals surface area contributed by atoms with Crippen molar-refractivity contribution in [2.24, 2.45) is 0 Å². The van der Waals surface area contributed by atoms with E-state index in [0.717, 1.165) is 12.0 Å². The van der Waals surface area contributed by atoms with Gasteiger partial charge < -0.3 is 14.6 Å². The van der Waals surface area contributed by atoms with Gasteiger partial charge in [0.15, 0.2) is 11.5 Å². The number of rotatable bonds is 6. The quantitative estimate of drug-likeness (QED) is 0.347. The first-order valence-electron chi connectivity index (χ1n) is 10.5. The van der Waals surface area contributed by atoms with E-state index in [-0.39, 0.29) is 11.3 Å². The number of pyridine rings is 1. The van der Waals surface area contributed by atoms with Crippen LogP contribution >= 0.6 is 0 Å². The molecule has 7 heteroatoms. The number of nitrogens with zero attached hydrogens (tertiary/aromatic N) is 2. The van der Waals surface area contributed by atoms with Gasteiger partial charge in [-0.1, -0.05) is 19.1 Å². The van der Waals surface area contributed by atoms with Gasteiger partial charge in [-0.3, -0.25) is 19.5 Å². The average Bonchev–Trinajstić information content (AvgIpc) is 3.14. The van der Waals surface area contributed by atoms with Crippen LogP contribution in [0.2, 0.25) is 0 Å². The van der Waals surface area contributed by atoms with Gasteiger partial charge in [-0.05, 0) is 60.0 Å². The van der Waals surface area contributed by atoms with E-state index < -0.39 is 17.7 Å². The van der Waals surface area contributed by atoms with Gasteiger partial charge in [-0.15, -0.1) is 0 Å². The minimum absolute atomic E-state index is 0.00186. The second-order valence-electron chi connectivity index (χ2n) is 7.54. The Morgan fingerprint density at radius 1 is 0.970 bits per heavy atom. The number of hydrogen-bond acceptors (Lipinski definition) is 6. The fourth-order valence-electron chi connectivity index (χ4n) is 3.99. The Kier molecular flexibility index (Phi) is 6.13. The average molecular weight is 444 g/mol. The van der Waals surface area contributed by atoms with Crippen LogP contribution < -0.4 is 14.4 Å². The molecule has 2 heterocycles. The summed E-state index contributed by atoms with van der Waals surface area (Å²) in [5.41, 5.74) is 2.68. The summed E-state index contributed by atoms with van der Waals surface area (Å²) in [6.45, 7) is 2.04. The number of ether oxygens (including phenoxy) is 2. The molecule has 7 nitrogen and oxygen atoms in total. The number of aromatic nitrogens is 1. The maximum absolute atomic E-state index is 13.2. The van der Waals surface area contributed by atoms with Crippen molar-refractivity contribution < 1.29 is 24.2 Å². The van der Waals surface area contributed by atoms with E-state index in [2.05, 4.69) is 4.98 Å². The summed E-state index contributed by atoms with van der Waals surface area (Å²) in [4.78, 5) is 31.9. The number of amides is 1. The molecule has 33 heavy (non-hydrogen) atoms. The van der Waals surface area contributed by atoms with Crippen molar-refractivity contribution in [3.05, 3.63) is 89.3 Å². The van der Waals surface area contributed by atoms with Gasteiger partial charge >= 0.3 is 0 Å². The number of aryl methyl sites for hydroxylation is 1. The zero-order chi connectivity index (χ0) is 23.5. The molecule has 1 unspecified atom stereocenters. The number of Topliss-reactive ketones (excluding diaryl/α,β-unsaturated/α-hetero) is 1. The SMILES string of the molecule is CCc1ccc(N2C(=O)C(=O)/C(=C(\O)c3ccc(OC)c(OC)c3)C2c2ccncc2)cc1. The van der Waals surface area contributed by atoms with E-state index in [0.29, 0.717) is 28.3 Å². The molecular weight excluding hydrogens is 420 g/mol. The van der Waals surface area contributed by atoms with Gasteiger partial charge in [-0.2, -0.15) is 0 Å². The van der Waals surface area contributed by atoms with Crippen LogP contribution in [0.15, 0.2) is 72.6 Å². The van der Waals surface area contributed by atoms with Crippen LogP contribution in [0.1, 0.15) is 29.7 Å². The van der Waals surface area contributed by atoms with Crippen LogP contribution in [0.5, 0.6) is 11.5 Å². The lowest BCUT2D eigenvalue weighted by Gasteiger charge is -2.25.